The number of amides is 1. The Hall–Kier alpha value is -0.940. The zero-order chi connectivity index (χ0) is 11.5. The Balaban J connectivity index is 2.02. The Morgan fingerprint density at radius 2 is 2.50 bits per heavy atom. The molecule has 2 rings (SSSR count). The Bertz CT molecular complexity index is 434. The molecule has 0 saturated heterocycles. The fourth-order valence-electron chi connectivity index (χ4n) is 2.13. The third kappa shape index (κ3) is 2.59. The van der Waals surface area contributed by atoms with Crippen LogP contribution in [0.15, 0.2) is 16.6 Å². The number of hydrogen-bond acceptors (Lipinski definition) is 3. The molecule has 5 heteroatoms. The van der Waals surface area contributed by atoms with E-state index in [-0.39, 0.29) is 11.9 Å². The van der Waals surface area contributed by atoms with Crippen LogP contribution in [0.2, 0.25) is 0 Å². The van der Waals surface area contributed by atoms with Crippen LogP contribution in [-0.2, 0) is 11.8 Å². The lowest BCUT2D eigenvalue weighted by molar-refractivity contribution is -0.119. The molecule has 2 N–H and O–H groups in total. The molecule has 0 aliphatic heterocycles. The fourth-order valence-corrected chi connectivity index (χ4v) is 2.88. The minimum Gasteiger partial charge on any atom is -0.327 e. The molecule has 1 amide bonds. The average molecular weight is 239 g/mol. The molecule has 0 bridgehead atoms. The van der Waals surface area contributed by atoms with Gasteiger partial charge in [0.05, 0.1) is 0 Å². The minimum absolute atomic E-state index is 0.0413. The number of nitrogens with two attached hydrogens (primary N) is 1. The fraction of sp³-hybridized carbons (Fsp3) is 0.636. The molecular formula is C11H17N3OS. The quantitative estimate of drug-likeness (QED) is 0.838. The van der Waals surface area contributed by atoms with E-state index in [1.807, 2.05) is 23.2 Å². The third-order valence-electron chi connectivity index (χ3n) is 3.13. The number of nitrogens with zero attached hydrogens (tertiary/aromatic N) is 2. The zero-order valence-electron chi connectivity index (χ0n) is 9.43. The van der Waals surface area contributed by atoms with E-state index >= 15 is 0 Å². The number of hydrogen-bond donors (Lipinski definition) is 1. The van der Waals surface area contributed by atoms with Crippen LogP contribution in [-0.4, -0.2) is 16.5 Å². The first-order chi connectivity index (χ1) is 7.66. The Morgan fingerprint density at radius 3 is 3.06 bits per heavy atom. The molecule has 1 aromatic heterocycles. The van der Waals surface area contributed by atoms with Crippen molar-refractivity contribution in [3.05, 3.63) is 16.4 Å². The van der Waals surface area contributed by atoms with Gasteiger partial charge in [-0.2, -0.15) is 4.99 Å². The van der Waals surface area contributed by atoms with Crippen LogP contribution in [0.1, 0.15) is 25.7 Å². The van der Waals surface area contributed by atoms with Crippen molar-refractivity contribution in [2.75, 3.05) is 0 Å². The molecule has 88 valence electrons. The lowest BCUT2D eigenvalue weighted by Crippen LogP contribution is -2.26. The molecule has 1 heterocycles. The van der Waals surface area contributed by atoms with Crippen LogP contribution < -0.4 is 10.5 Å². The maximum absolute atomic E-state index is 11.7. The Kier molecular flexibility index (Phi) is 3.56. The van der Waals surface area contributed by atoms with E-state index in [9.17, 15) is 4.79 Å². The maximum Gasteiger partial charge on any atom is 0.248 e. The predicted molar refractivity (Wildman–Crippen MR) is 63.8 cm³/mol. The monoisotopic (exact) mass is 239 g/mol. The standard InChI is InChI=1S/C11H17N3OS/c1-14-5-6-16-11(14)13-10(15)7-8-3-2-4-9(8)12/h5-6,8-9H,2-4,7,12H2,1H3/t8-,9+/m0/s1. The lowest BCUT2D eigenvalue weighted by atomic mass is 10.0. The molecule has 16 heavy (non-hydrogen) atoms. The molecule has 0 unspecified atom stereocenters. The van der Waals surface area contributed by atoms with Gasteiger partial charge in [-0.05, 0) is 18.8 Å². The predicted octanol–water partition coefficient (Wildman–Crippen LogP) is 1.03. The summed E-state index contributed by atoms with van der Waals surface area (Å²) in [5.74, 6) is 0.293. The third-order valence-corrected chi connectivity index (χ3v) is 3.98. The average Bonchev–Trinajstić information content (AvgIpc) is 2.79. The van der Waals surface area contributed by atoms with Crippen molar-refractivity contribution in [3.8, 4) is 0 Å². The number of carbonyl (C=O) groups excluding carboxylic acids is 1. The van der Waals surface area contributed by atoms with E-state index in [0.717, 1.165) is 24.1 Å². The summed E-state index contributed by atoms with van der Waals surface area (Å²) < 4.78 is 1.86. The van der Waals surface area contributed by atoms with Crippen molar-refractivity contribution >= 4 is 17.2 Å². The molecule has 0 spiro atoms. The van der Waals surface area contributed by atoms with E-state index in [1.54, 1.807) is 0 Å². The van der Waals surface area contributed by atoms with Gasteiger partial charge in [0.25, 0.3) is 0 Å². The molecule has 0 radical (unpaired) electrons. The molecule has 0 aromatic carbocycles. The first-order valence-corrected chi connectivity index (χ1v) is 6.48. The van der Waals surface area contributed by atoms with E-state index in [0.29, 0.717) is 12.3 Å². The van der Waals surface area contributed by atoms with Crippen molar-refractivity contribution < 1.29 is 4.79 Å². The second kappa shape index (κ2) is 4.93. The first kappa shape index (κ1) is 11.5. The van der Waals surface area contributed by atoms with Crippen molar-refractivity contribution in [1.29, 1.82) is 0 Å². The summed E-state index contributed by atoms with van der Waals surface area (Å²) in [5.41, 5.74) is 5.93. The Labute approximate surface area is 98.8 Å². The molecule has 4 nitrogen and oxygen atoms in total. The van der Waals surface area contributed by atoms with Gasteiger partial charge in [0, 0.05) is 31.1 Å². The highest BCUT2D eigenvalue weighted by atomic mass is 32.1. The molecule has 1 aliphatic carbocycles. The summed E-state index contributed by atoms with van der Waals surface area (Å²) in [7, 11) is 1.89. The molecule has 2 atom stereocenters. The van der Waals surface area contributed by atoms with Gasteiger partial charge in [-0.15, -0.1) is 11.3 Å². The van der Waals surface area contributed by atoms with E-state index < -0.39 is 0 Å². The zero-order valence-corrected chi connectivity index (χ0v) is 10.2. The normalized spacial score (nSPS) is 26.2. The summed E-state index contributed by atoms with van der Waals surface area (Å²) in [5, 5.41) is 1.92. The van der Waals surface area contributed by atoms with Gasteiger partial charge in [0.1, 0.15) is 0 Å². The van der Waals surface area contributed by atoms with E-state index in [1.165, 1.54) is 11.3 Å². The van der Waals surface area contributed by atoms with Gasteiger partial charge < -0.3 is 10.3 Å². The topological polar surface area (TPSA) is 60.4 Å². The number of thiazole rings is 1. The number of aromatic nitrogens is 1. The summed E-state index contributed by atoms with van der Waals surface area (Å²) in [6.45, 7) is 0. The van der Waals surface area contributed by atoms with Crippen LogP contribution in [0.4, 0.5) is 0 Å². The van der Waals surface area contributed by atoms with Gasteiger partial charge in [-0.1, -0.05) is 6.42 Å². The molecule has 1 aromatic rings. The summed E-state index contributed by atoms with van der Waals surface area (Å²) >= 11 is 1.48. The summed E-state index contributed by atoms with van der Waals surface area (Å²) in [6.07, 6.45) is 5.66. The van der Waals surface area contributed by atoms with Gasteiger partial charge >= 0.3 is 0 Å². The first-order valence-electron chi connectivity index (χ1n) is 5.60. The minimum atomic E-state index is -0.0413. The van der Waals surface area contributed by atoms with Crippen LogP contribution in [0.5, 0.6) is 0 Å². The Morgan fingerprint density at radius 1 is 1.69 bits per heavy atom. The van der Waals surface area contributed by atoms with Crippen molar-refractivity contribution in [1.82, 2.24) is 4.57 Å². The van der Waals surface area contributed by atoms with Crippen LogP contribution >= 0.6 is 11.3 Å². The van der Waals surface area contributed by atoms with Gasteiger partial charge in [0.2, 0.25) is 5.91 Å². The maximum atomic E-state index is 11.7. The highest BCUT2D eigenvalue weighted by Crippen LogP contribution is 2.26. The van der Waals surface area contributed by atoms with Crippen LogP contribution in [0.25, 0.3) is 0 Å². The largest absolute Gasteiger partial charge is 0.327 e. The molecule has 1 fully saturated rings. The van der Waals surface area contributed by atoms with Gasteiger partial charge in [-0.3, -0.25) is 4.79 Å². The SMILES string of the molecule is Cn1ccsc1=NC(=O)C[C@@H]1CCC[C@H]1N. The molecular weight excluding hydrogens is 222 g/mol. The number of carbonyl (C=O) groups is 1. The summed E-state index contributed by atoms with van der Waals surface area (Å²) in [4.78, 5) is 16.6. The van der Waals surface area contributed by atoms with Gasteiger partial charge in [-0.25, -0.2) is 0 Å². The van der Waals surface area contributed by atoms with Crippen molar-refractivity contribution in [2.24, 2.45) is 23.7 Å². The highest BCUT2D eigenvalue weighted by molar-refractivity contribution is 7.07. The van der Waals surface area contributed by atoms with E-state index in [2.05, 4.69) is 4.99 Å². The molecule has 1 aliphatic rings. The molecule has 1 saturated carbocycles. The number of rotatable bonds is 2. The second-order valence-corrected chi connectivity index (χ2v) is 5.23. The van der Waals surface area contributed by atoms with Gasteiger partial charge in [0.15, 0.2) is 4.80 Å². The smallest absolute Gasteiger partial charge is 0.248 e. The van der Waals surface area contributed by atoms with Crippen LogP contribution in [0.3, 0.4) is 0 Å². The van der Waals surface area contributed by atoms with Crippen LogP contribution in [0, 0.1) is 5.92 Å². The van der Waals surface area contributed by atoms with Crippen molar-refractivity contribution in [2.45, 2.75) is 31.7 Å². The van der Waals surface area contributed by atoms with Crippen molar-refractivity contribution in [3.63, 3.8) is 0 Å². The number of aryl methyl sites for hydroxylation is 1. The lowest BCUT2D eigenvalue weighted by Gasteiger charge is -2.11. The van der Waals surface area contributed by atoms with E-state index in [4.69, 9.17) is 5.73 Å². The second-order valence-electron chi connectivity index (χ2n) is 4.36. The summed E-state index contributed by atoms with van der Waals surface area (Å²) in [6, 6.07) is 0.191. The highest BCUT2D eigenvalue weighted by Gasteiger charge is 2.25.